The Kier molecular flexibility index (Phi) is 9.47. The van der Waals surface area contributed by atoms with Crippen LogP contribution >= 0.6 is 0 Å². The van der Waals surface area contributed by atoms with E-state index in [0.29, 0.717) is 0 Å². The first kappa shape index (κ1) is 25.6. The summed E-state index contributed by atoms with van der Waals surface area (Å²) in [5, 5.41) is 2.79. The van der Waals surface area contributed by atoms with E-state index < -0.39 is 26.4 Å². The fourth-order valence-corrected chi connectivity index (χ4v) is 3.66. The summed E-state index contributed by atoms with van der Waals surface area (Å²) in [5.74, 6) is -0.402. The molecule has 0 aliphatic heterocycles. The van der Waals surface area contributed by atoms with Gasteiger partial charge in [0.15, 0.2) is 8.32 Å². The Morgan fingerprint density at radius 1 is 0.875 bits per heavy atom. The number of alkyl carbamates (subject to hydrolysis) is 1. The van der Waals surface area contributed by atoms with Gasteiger partial charge in [0.2, 0.25) is 0 Å². The second kappa shape index (κ2) is 11.8. The zero-order chi connectivity index (χ0) is 23.6. The summed E-state index contributed by atoms with van der Waals surface area (Å²) in [4.78, 5) is 24.8. The van der Waals surface area contributed by atoms with Gasteiger partial charge < -0.3 is 19.2 Å². The van der Waals surface area contributed by atoms with Crippen molar-refractivity contribution in [3.8, 4) is 0 Å². The van der Waals surface area contributed by atoms with Crippen LogP contribution in [0.2, 0.25) is 18.1 Å². The number of rotatable bonds is 10. The molecule has 0 aliphatic carbocycles. The van der Waals surface area contributed by atoms with Gasteiger partial charge in [0.25, 0.3) is 0 Å². The summed E-state index contributed by atoms with van der Waals surface area (Å²) in [6.07, 6.45) is -0.587. The number of carbonyl (C=O) groups excluding carboxylic acids is 2. The lowest BCUT2D eigenvalue weighted by molar-refractivity contribution is -0.145. The van der Waals surface area contributed by atoms with Crippen molar-refractivity contribution in [2.75, 3.05) is 6.61 Å². The molecular weight excluding hydrogens is 422 g/mol. The summed E-state index contributed by atoms with van der Waals surface area (Å²) in [5.41, 5.74) is 1.80. The van der Waals surface area contributed by atoms with E-state index in [4.69, 9.17) is 13.9 Å². The molecule has 2 aromatic carbocycles. The lowest BCUT2D eigenvalue weighted by atomic mass is 10.2. The van der Waals surface area contributed by atoms with Gasteiger partial charge in [-0.3, -0.25) is 4.79 Å². The molecule has 0 aromatic heterocycles. The van der Waals surface area contributed by atoms with Crippen LogP contribution in [0.3, 0.4) is 0 Å². The van der Waals surface area contributed by atoms with E-state index in [9.17, 15) is 9.59 Å². The van der Waals surface area contributed by atoms with Crippen LogP contribution in [-0.2, 0) is 31.9 Å². The highest BCUT2D eigenvalue weighted by Crippen LogP contribution is 2.36. The predicted molar refractivity (Wildman–Crippen MR) is 128 cm³/mol. The van der Waals surface area contributed by atoms with E-state index in [-0.39, 0.29) is 31.3 Å². The van der Waals surface area contributed by atoms with Crippen LogP contribution in [0.4, 0.5) is 4.79 Å². The van der Waals surface area contributed by atoms with Crippen molar-refractivity contribution >= 4 is 20.4 Å². The molecule has 0 heterocycles. The van der Waals surface area contributed by atoms with Gasteiger partial charge in [0, 0.05) is 0 Å². The van der Waals surface area contributed by atoms with Crippen molar-refractivity contribution < 1.29 is 23.5 Å². The summed E-state index contributed by atoms with van der Waals surface area (Å²) >= 11 is 0. The Balaban J connectivity index is 1.94. The highest BCUT2D eigenvalue weighted by molar-refractivity contribution is 6.74. The predicted octanol–water partition coefficient (Wildman–Crippen LogP) is 5.44. The number of carbonyl (C=O) groups is 2. The third kappa shape index (κ3) is 8.84. The average Bonchev–Trinajstić information content (AvgIpc) is 2.75. The maximum atomic E-state index is 12.5. The number of amides is 1. The van der Waals surface area contributed by atoms with Crippen molar-refractivity contribution in [1.82, 2.24) is 5.32 Å². The first-order valence-electron chi connectivity index (χ1n) is 10.9. The topological polar surface area (TPSA) is 73.9 Å². The van der Waals surface area contributed by atoms with Crippen molar-refractivity contribution in [3.63, 3.8) is 0 Å². The molecule has 0 aliphatic rings. The molecule has 0 saturated heterocycles. The van der Waals surface area contributed by atoms with E-state index in [1.54, 1.807) is 0 Å². The molecule has 0 saturated carbocycles. The SMILES string of the molecule is CC(C)(C)[Si](C)(C)OC[C@H](CC(=O)OCc1ccccc1)NC(=O)OCc1ccccc1. The standard InChI is InChI=1S/C25H35NO5Si/c1-25(2,3)32(4,5)31-19-22(16-23(27)29-17-20-12-8-6-9-13-20)26-24(28)30-18-21-14-10-7-11-15-21/h6-15,22H,16-19H2,1-5H3,(H,26,28)/t22-/m0/s1. The molecule has 32 heavy (non-hydrogen) atoms. The van der Waals surface area contributed by atoms with Crippen molar-refractivity contribution in [1.29, 1.82) is 0 Å². The zero-order valence-electron chi connectivity index (χ0n) is 19.7. The largest absolute Gasteiger partial charge is 0.461 e. The lowest BCUT2D eigenvalue weighted by Crippen LogP contribution is -2.47. The number of hydrogen-bond acceptors (Lipinski definition) is 5. The van der Waals surface area contributed by atoms with Gasteiger partial charge in [0.1, 0.15) is 13.2 Å². The number of hydrogen-bond donors (Lipinski definition) is 1. The smallest absolute Gasteiger partial charge is 0.407 e. The monoisotopic (exact) mass is 457 g/mol. The molecule has 0 bridgehead atoms. The van der Waals surface area contributed by atoms with E-state index in [1.807, 2.05) is 60.7 Å². The normalized spacial score (nSPS) is 12.7. The van der Waals surface area contributed by atoms with E-state index in [1.165, 1.54) is 0 Å². The molecule has 7 heteroatoms. The van der Waals surface area contributed by atoms with Crippen LogP contribution in [0, 0.1) is 0 Å². The lowest BCUT2D eigenvalue weighted by Gasteiger charge is -2.37. The maximum absolute atomic E-state index is 12.5. The molecule has 2 aromatic rings. The van der Waals surface area contributed by atoms with Gasteiger partial charge >= 0.3 is 12.1 Å². The van der Waals surface area contributed by atoms with Gasteiger partial charge in [-0.2, -0.15) is 0 Å². The second-order valence-electron chi connectivity index (χ2n) is 9.32. The molecule has 2 rings (SSSR count). The molecule has 0 spiro atoms. The minimum Gasteiger partial charge on any atom is -0.461 e. The summed E-state index contributed by atoms with van der Waals surface area (Å²) in [6.45, 7) is 11.3. The summed E-state index contributed by atoms with van der Waals surface area (Å²) < 4.78 is 17.0. The maximum Gasteiger partial charge on any atom is 0.407 e. The quantitative estimate of drug-likeness (QED) is 0.380. The molecule has 0 fully saturated rings. The molecule has 1 atom stereocenters. The van der Waals surface area contributed by atoms with Crippen LogP contribution in [0.5, 0.6) is 0 Å². The fraction of sp³-hybridized carbons (Fsp3) is 0.440. The van der Waals surface area contributed by atoms with Crippen molar-refractivity contribution in [2.45, 2.75) is 64.6 Å². The van der Waals surface area contributed by atoms with Gasteiger partial charge in [-0.1, -0.05) is 81.4 Å². The van der Waals surface area contributed by atoms with E-state index in [2.05, 4.69) is 39.2 Å². The molecule has 1 amide bonds. The molecular formula is C25H35NO5Si. The van der Waals surface area contributed by atoms with Crippen LogP contribution in [0.25, 0.3) is 0 Å². The Bertz CT molecular complexity index is 792. The average molecular weight is 458 g/mol. The van der Waals surface area contributed by atoms with Gasteiger partial charge in [-0.25, -0.2) is 4.79 Å². The molecule has 174 valence electrons. The van der Waals surface area contributed by atoms with Crippen molar-refractivity contribution in [2.24, 2.45) is 0 Å². The van der Waals surface area contributed by atoms with Gasteiger partial charge in [-0.15, -0.1) is 0 Å². The number of nitrogens with one attached hydrogen (secondary N) is 1. The minimum absolute atomic E-state index is 0.00188. The number of esters is 1. The number of ether oxygens (including phenoxy) is 2. The Morgan fingerprint density at radius 2 is 1.38 bits per heavy atom. The summed E-state index contributed by atoms with van der Waals surface area (Å²) in [6, 6.07) is 18.4. The molecule has 0 radical (unpaired) electrons. The van der Waals surface area contributed by atoms with Crippen LogP contribution < -0.4 is 5.32 Å². The molecule has 1 N–H and O–H groups in total. The van der Waals surface area contributed by atoms with E-state index >= 15 is 0 Å². The highest BCUT2D eigenvalue weighted by atomic mass is 28.4. The zero-order valence-corrected chi connectivity index (χ0v) is 20.7. The molecule has 0 unspecified atom stereocenters. The first-order valence-corrected chi connectivity index (χ1v) is 13.8. The van der Waals surface area contributed by atoms with Crippen molar-refractivity contribution in [3.05, 3.63) is 71.8 Å². The van der Waals surface area contributed by atoms with Crippen LogP contribution in [0.1, 0.15) is 38.3 Å². The summed E-state index contributed by atoms with van der Waals surface area (Å²) in [7, 11) is -2.06. The van der Waals surface area contributed by atoms with Gasteiger partial charge in [-0.05, 0) is 29.3 Å². The third-order valence-electron chi connectivity index (χ3n) is 5.64. The minimum atomic E-state index is -2.06. The number of benzene rings is 2. The Hall–Kier alpha value is -2.64. The van der Waals surface area contributed by atoms with Crippen LogP contribution in [0.15, 0.2) is 60.7 Å². The third-order valence-corrected chi connectivity index (χ3v) is 10.1. The van der Waals surface area contributed by atoms with Gasteiger partial charge in [0.05, 0.1) is 19.1 Å². The Morgan fingerprint density at radius 3 is 1.88 bits per heavy atom. The second-order valence-corrected chi connectivity index (χ2v) is 14.1. The highest BCUT2D eigenvalue weighted by Gasteiger charge is 2.38. The Labute approximate surface area is 192 Å². The van der Waals surface area contributed by atoms with Crippen LogP contribution in [-0.4, -0.2) is 33.0 Å². The first-order chi connectivity index (χ1) is 15.1. The fourth-order valence-electron chi connectivity index (χ4n) is 2.61. The van der Waals surface area contributed by atoms with E-state index in [0.717, 1.165) is 11.1 Å². The molecule has 6 nitrogen and oxygen atoms in total.